The van der Waals surface area contributed by atoms with E-state index in [4.69, 9.17) is 15.6 Å². The molecule has 15 heavy (non-hydrogen) atoms. The normalized spacial score (nSPS) is 25.7. The van der Waals surface area contributed by atoms with Gasteiger partial charge in [0.15, 0.2) is 0 Å². The summed E-state index contributed by atoms with van der Waals surface area (Å²) in [5.74, 6) is 0.290. The summed E-state index contributed by atoms with van der Waals surface area (Å²) in [7, 11) is 0. The van der Waals surface area contributed by atoms with Crippen molar-refractivity contribution >= 4 is 5.82 Å². The van der Waals surface area contributed by atoms with Crippen LogP contribution in [0.25, 0.3) is 0 Å². The van der Waals surface area contributed by atoms with Gasteiger partial charge in [-0.15, -0.1) is 0 Å². The molecule has 1 saturated heterocycles. The van der Waals surface area contributed by atoms with Gasteiger partial charge in [-0.25, -0.2) is 9.78 Å². The highest BCUT2D eigenvalue weighted by Crippen LogP contribution is 2.33. The first-order chi connectivity index (χ1) is 7.20. The highest BCUT2D eigenvalue weighted by atomic mass is 16.5. The van der Waals surface area contributed by atoms with E-state index in [-0.39, 0.29) is 18.8 Å². The highest BCUT2D eigenvalue weighted by molar-refractivity contribution is 5.38. The summed E-state index contributed by atoms with van der Waals surface area (Å²) >= 11 is 0. The number of H-pyrrole nitrogens is 1. The molecule has 0 unspecified atom stereocenters. The number of nitrogens with zero attached hydrogens (tertiary/aromatic N) is 1. The molecule has 4 N–H and O–H groups in total. The maximum Gasteiger partial charge on any atom is 0.346 e. The minimum Gasteiger partial charge on any atom is -0.394 e. The average Bonchev–Trinajstić information content (AvgIpc) is 2.66. The Hall–Kier alpha value is -1.40. The van der Waals surface area contributed by atoms with Gasteiger partial charge in [-0.3, -0.25) is 4.98 Å². The fourth-order valence-corrected chi connectivity index (χ4v) is 1.74. The molecular formula is C9H13N3O3. The summed E-state index contributed by atoms with van der Waals surface area (Å²) in [6.45, 7) is 0.00713. The second kappa shape index (κ2) is 4.00. The smallest absolute Gasteiger partial charge is 0.346 e. The van der Waals surface area contributed by atoms with Crippen LogP contribution in [0.5, 0.6) is 0 Å². The quantitative estimate of drug-likeness (QED) is 0.615. The Kier molecular flexibility index (Phi) is 2.70. The molecule has 0 bridgehead atoms. The predicted molar refractivity (Wildman–Crippen MR) is 53.2 cm³/mol. The fourth-order valence-electron chi connectivity index (χ4n) is 1.74. The molecule has 0 spiro atoms. The third-order valence-corrected chi connectivity index (χ3v) is 2.53. The molecule has 6 heteroatoms. The number of hydrogen-bond donors (Lipinski definition) is 3. The Labute approximate surface area is 86.1 Å². The van der Waals surface area contributed by atoms with Crippen LogP contribution in [0, 0.1) is 0 Å². The van der Waals surface area contributed by atoms with Crippen molar-refractivity contribution in [1.29, 1.82) is 0 Å². The van der Waals surface area contributed by atoms with E-state index >= 15 is 0 Å². The van der Waals surface area contributed by atoms with Gasteiger partial charge in [0.1, 0.15) is 5.82 Å². The molecule has 0 amide bonds. The summed E-state index contributed by atoms with van der Waals surface area (Å²) in [5, 5.41) is 8.91. The van der Waals surface area contributed by atoms with Gasteiger partial charge in [0.25, 0.3) is 0 Å². The van der Waals surface area contributed by atoms with Gasteiger partial charge in [0, 0.05) is 11.8 Å². The first-order valence-electron chi connectivity index (χ1n) is 4.81. The number of aliphatic hydroxyl groups is 1. The number of nitrogen functional groups attached to an aromatic ring is 1. The Bertz CT molecular complexity index is 404. The molecule has 1 aromatic rings. The van der Waals surface area contributed by atoms with Crippen molar-refractivity contribution in [2.24, 2.45) is 0 Å². The average molecular weight is 211 g/mol. The predicted octanol–water partition coefficient (Wildman–Crippen LogP) is -0.436. The van der Waals surface area contributed by atoms with Crippen molar-refractivity contribution in [3.05, 3.63) is 22.2 Å². The number of anilines is 1. The van der Waals surface area contributed by atoms with Gasteiger partial charge in [-0.1, -0.05) is 0 Å². The van der Waals surface area contributed by atoms with Crippen LogP contribution in [0.3, 0.4) is 0 Å². The van der Waals surface area contributed by atoms with Crippen LogP contribution in [0.1, 0.15) is 24.5 Å². The minimum atomic E-state index is -0.465. The number of hydrogen-bond acceptors (Lipinski definition) is 5. The number of aromatic nitrogens is 2. The second-order valence-corrected chi connectivity index (χ2v) is 3.56. The molecular weight excluding hydrogens is 198 g/mol. The molecule has 6 nitrogen and oxygen atoms in total. The molecule has 0 aromatic carbocycles. The zero-order chi connectivity index (χ0) is 10.8. The lowest BCUT2D eigenvalue weighted by atomic mass is 10.1. The van der Waals surface area contributed by atoms with Crippen LogP contribution in [0.2, 0.25) is 0 Å². The topological polar surface area (TPSA) is 101 Å². The Balaban J connectivity index is 2.20. The van der Waals surface area contributed by atoms with E-state index in [9.17, 15) is 4.79 Å². The van der Waals surface area contributed by atoms with Crippen molar-refractivity contribution in [2.45, 2.75) is 25.0 Å². The molecule has 82 valence electrons. The van der Waals surface area contributed by atoms with Gasteiger partial charge in [-0.05, 0) is 12.8 Å². The van der Waals surface area contributed by atoms with Gasteiger partial charge >= 0.3 is 5.69 Å². The van der Waals surface area contributed by atoms with Crippen molar-refractivity contribution in [1.82, 2.24) is 9.97 Å². The molecule has 1 fully saturated rings. The molecule has 0 aliphatic carbocycles. The molecule has 1 aliphatic rings. The lowest BCUT2D eigenvalue weighted by molar-refractivity contribution is 0.0110. The maximum absolute atomic E-state index is 10.9. The molecule has 1 aromatic heterocycles. The molecule has 2 heterocycles. The molecule has 0 radical (unpaired) electrons. The van der Waals surface area contributed by atoms with Crippen molar-refractivity contribution in [3.8, 4) is 0 Å². The van der Waals surface area contributed by atoms with E-state index in [1.54, 1.807) is 0 Å². The minimum absolute atomic E-state index is 0.00713. The lowest BCUT2D eigenvalue weighted by Gasteiger charge is -2.13. The van der Waals surface area contributed by atoms with E-state index in [1.165, 1.54) is 6.20 Å². The first kappa shape index (κ1) is 10.1. The third-order valence-electron chi connectivity index (χ3n) is 2.53. The number of nitrogens with one attached hydrogen (secondary N) is 1. The number of aliphatic hydroxyl groups excluding tert-OH is 1. The van der Waals surface area contributed by atoms with E-state index in [2.05, 4.69) is 9.97 Å². The van der Waals surface area contributed by atoms with Gasteiger partial charge in [0.05, 0.1) is 18.8 Å². The third kappa shape index (κ3) is 2.00. The first-order valence-corrected chi connectivity index (χ1v) is 4.81. The summed E-state index contributed by atoms with van der Waals surface area (Å²) in [6, 6.07) is 0. The summed E-state index contributed by atoms with van der Waals surface area (Å²) in [6.07, 6.45) is 2.69. The Morgan fingerprint density at radius 2 is 2.47 bits per heavy atom. The Morgan fingerprint density at radius 1 is 1.67 bits per heavy atom. The van der Waals surface area contributed by atoms with Crippen molar-refractivity contribution < 1.29 is 9.84 Å². The van der Waals surface area contributed by atoms with Gasteiger partial charge < -0.3 is 15.6 Å². The van der Waals surface area contributed by atoms with E-state index in [1.807, 2.05) is 0 Å². The number of rotatable bonds is 2. The van der Waals surface area contributed by atoms with Crippen molar-refractivity contribution in [3.63, 3.8) is 0 Å². The van der Waals surface area contributed by atoms with E-state index in [0.29, 0.717) is 11.4 Å². The maximum atomic E-state index is 10.9. The standard InChI is InChI=1S/C9H13N3O3/c10-8-6(3-11-9(14)12-8)7-2-1-5(4-13)15-7/h3,5,7,13H,1-2,4H2,(H3,10,11,12,14)/t5-,7+/m0/s1. The zero-order valence-electron chi connectivity index (χ0n) is 8.14. The van der Waals surface area contributed by atoms with E-state index < -0.39 is 5.69 Å². The molecule has 2 atom stereocenters. The van der Waals surface area contributed by atoms with E-state index in [0.717, 1.165) is 12.8 Å². The zero-order valence-corrected chi connectivity index (χ0v) is 8.14. The van der Waals surface area contributed by atoms with Crippen LogP contribution in [0.4, 0.5) is 5.82 Å². The van der Waals surface area contributed by atoms with Crippen LogP contribution in [0.15, 0.2) is 11.0 Å². The van der Waals surface area contributed by atoms with Gasteiger partial charge in [0.2, 0.25) is 0 Å². The SMILES string of the molecule is Nc1[nH]c(=O)ncc1[C@H]1CC[C@@H](CO)O1. The number of ether oxygens (including phenoxy) is 1. The fraction of sp³-hybridized carbons (Fsp3) is 0.556. The summed E-state index contributed by atoms with van der Waals surface area (Å²) in [5.41, 5.74) is 5.87. The summed E-state index contributed by atoms with van der Waals surface area (Å²) in [4.78, 5) is 16.9. The van der Waals surface area contributed by atoms with Crippen LogP contribution >= 0.6 is 0 Å². The molecule has 2 rings (SSSR count). The second-order valence-electron chi connectivity index (χ2n) is 3.56. The molecule has 1 aliphatic heterocycles. The number of nitrogens with two attached hydrogens (primary N) is 1. The van der Waals surface area contributed by atoms with Crippen LogP contribution in [-0.2, 0) is 4.74 Å². The van der Waals surface area contributed by atoms with Crippen molar-refractivity contribution in [2.75, 3.05) is 12.3 Å². The van der Waals surface area contributed by atoms with Crippen LogP contribution in [-0.4, -0.2) is 27.8 Å². The van der Waals surface area contributed by atoms with Gasteiger partial charge in [-0.2, -0.15) is 0 Å². The highest BCUT2D eigenvalue weighted by Gasteiger charge is 2.27. The van der Waals surface area contributed by atoms with Crippen LogP contribution < -0.4 is 11.4 Å². The lowest BCUT2D eigenvalue weighted by Crippen LogP contribution is -2.17. The summed E-state index contributed by atoms with van der Waals surface area (Å²) < 4.78 is 5.53. The molecule has 0 saturated carbocycles. The Morgan fingerprint density at radius 3 is 3.07 bits per heavy atom. The monoisotopic (exact) mass is 211 g/mol. The largest absolute Gasteiger partial charge is 0.394 e. The number of aromatic amines is 1.